The van der Waals surface area contributed by atoms with Crippen LogP contribution in [0.4, 0.5) is 0 Å². The molecule has 4 nitrogen and oxygen atoms in total. The first-order valence-corrected chi connectivity index (χ1v) is 4.51. The van der Waals surface area contributed by atoms with E-state index in [0.717, 1.165) is 0 Å². The molecule has 0 aliphatic carbocycles. The summed E-state index contributed by atoms with van der Waals surface area (Å²) in [6.07, 6.45) is -0.352. The van der Waals surface area contributed by atoms with Crippen molar-refractivity contribution in [1.82, 2.24) is 0 Å². The molecule has 2 N–H and O–H groups in total. The molecule has 0 aromatic heterocycles. The summed E-state index contributed by atoms with van der Waals surface area (Å²) >= 11 is 0. The summed E-state index contributed by atoms with van der Waals surface area (Å²) in [5, 5.41) is 4.62. The Balaban J connectivity index is 0. The first-order valence-electron chi connectivity index (χ1n) is 3.04. The quantitative estimate of drug-likeness (QED) is 0.617. The van der Waals surface area contributed by atoms with Crippen LogP contribution in [0.15, 0.2) is 0 Å². The first-order chi connectivity index (χ1) is 4.33. The van der Waals surface area contributed by atoms with Gasteiger partial charge in [0.2, 0.25) is 0 Å². The molecule has 64 valence electrons. The van der Waals surface area contributed by atoms with E-state index in [1.165, 1.54) is 0 Å². The molecule has 11 heavy (non-hydrogen) atoms. The number of hydrogen-bond donors (Lipinski definition) is 1. The van der Waals surface area contributed by atoms with E-state index in [1.54, 1.807) is 6.92 Å². The minimum atomic E-state index is -3.77. The van der Waals surface area contributed by atoms with Gasteiger partial charge in [-0.15, -0.1) is 0 Å². The maximum absolute atomic E-state index is 10.3. The van der Waals surface area contributed by atoms with Crippen molar-refractivity contribution >= 4 is 39.9 Å². The van der Waals surface area contributed by atoms with Crippen LogP contribution in [0.3, 0.4) is 0 Å². The molecule has 0 amide bonds. The number of hydrogen-bond acceptors (Lipinski definition) is 3. The molecule has 1 unspecified atom stereocenters. The van der Waals surface area contributed by atoms with E-state index in [9.17, 15) is 8.42 Å². The van der Waals surface area contributed by atoms with Gasteiger partial charge in [0.05, 0.1) is 6.10 Å². The van der Waals surface area contributed by atoms with Crippen LogP contribution >= 0.6 is 0 Å². The molecular formula is C5H14NNaO3S. The summed E-state index contributed by atoms with van der Waals surface area (Å²) in [4.78, 5) is 0. The zero-order valence-corrected chi connectivity index (χ0v) is 7.18. The van der Waals surface area contributed by atoms with Crippen molar-refractivity contribution in [1.29, 1.82) is 0 Å². The van der Waals surface area contributed by atoms with Crippen LogP contribution in [-0.2, 0) is 14.5 Å². The van der Waals surface area contributed by atoms with Crippen LogP contribution < -0.4 is 5.14 Å². The fourth-order valence-corrected chi connectivity index (χ4v) is 0.968. The molecule has 0 heterocycles. The van der Waals surface area contributed by atoms with Gasteiger partial charge in [0.25, 0.3) is 0 Å². The molecule has 0 saturated carbocycles. The summed E-state index contributed by atoms with van der Waals surface area (Å²) in [6.45, 7) is 5.38. The standard InChI is InChI=1S/C5H13NO3S.Na.H/c1-4(2)5(3)9-10(6,7)8;;/h4-5H,1-3H3,(H2,6,7,8);;. The summed E-state index contributed by atoms with van der Waals surface area (Å²) in [6, 6.07) is 0. The van der Waals surface area contributed by atoms with Gasteiger partial charge in [-0.1, -0.05) is 13.8 Å². The van der Waals surface area contributed by atoms with Crippen LogP contribution in [0.25, 0.3) is 0 Å². The van der Waals surface area contributed by atoms with Gasteiger partial charge in [0.15, 0.2) is 0 Å². The molecule has 1 atom stereocenters. The fraction of sp³-hybridized carbons (Fsp3) is 1.00. The Morgan fingerprint density at radius 1 is 1.27 bits per heavy atom. The van der Waals surface area contributed by atoms with Gasteiger partial charge in [-0.2, -0.15) is 8.42 Å². The Kier molecular flexibility index (Phi) is 7.20. The van der Waals surface area contributed by atoms with Crippen LogP contribution in [0, 0.1) is 5.92 Å². The van der Waals surface area contributed by atoms with E-state index in [1.807, 2.05) is 13.8 Å². The van der Waals surface area contributed by atoms with Crippen LogP contribution in [-0.4, -0.2) is 44.1 Å². The Labute approximate surface area is 90.0 Å². The van der Waals surface area contributed by atoms with Gasteiger partial charge in [-0.3, -0.25) is 4.18 Å². The van der Waals surface area contributed by atoms with Crippen molar-refractivity contribution in [2.24, 2.45) is 11.1 Å². The summed E-state index contributed by atoms with van der Waals surface area (Å²) in [5.74, 6) is 0.151. The van der Waals surface area contributed by atoms with E-state index in [-0.39, 0.29) is 41.6 Å². The van der Waals surface area contributed by atoms with Gasteiger partial charge in [0.1, 0.15) is 0 Å². The van der Waals surface area contributed by atoms with E-state index in [2.05, 4.69) is 9.32 Å². The predicted octanol–water partition coefficient (Wildman–Crippen LogP) is -0.397. The molecule has 0 aromatic carbocycles. The van der Waals surface area contributed by atoms with Crippen molar-refractivity contribution in [3.8, 4) is 0 Å². The first kappa shape index (κ1) is 14.4. The van der Waals surface area contributed by atoms with E-state index in [4.69, 9.17) is 0 Å². The molecule has 0 rings (SSSR count). The minimum absolute atomic E-state index is 0. The van der Waals surface area contributed by atoms with Crippen molar-refractivity contribution in [3.05, 3.63) is 0 Å². The van der Waals surface area contributed by atoms with Gasteiger partial charge < -0.3 is 0 Å². The van der Waals surface area contributed by atoms with Crippen molar-refractivity contribution in [3.63, 3.8) is 0 Å². The Morgan fingerprint density at radius 3 is 1.73 bits per heavy atom. The monoisotopic (exact) mass is 191 g/mol. The zero-order chi connectivity index (χ0) is 8.36. The average Bonchev–Trinajstić information content (AvgIpc) is 1.60. The molecule has 0 fully saturated rings. The normalized spacial score (nSPS) is 14.3. The third-order valence-electron chi connectivity index (χ3n) is 1.22. The third kappa shape index (κ3) is 8.78. The van der Waals surface area contributed by atoms with Crippen molar-refractivity contribution in [2.75, 3.05) is 0 Å². The topological polar surface area (TPSA) is 69.4 Å². The molecule has 0 bridgehead atoms. The number of rotatable bonds is 3. The summed E-state index contributed by atoms with van der Waals surface area (Å²) in [7, 11) is -3.77. The fourth-order valence-electron chi connectivity index (χ4n) is 0.323. The van der Waals surface area contributed by atoms with Gasteiger partial charge >= 0.3 is 39.9 Å². The Morgan fingerprint density at radius 2 is 1.64 bits per heavy atom. The van der Waals surface area contributed by atoms with Crippen LogP contribution in [0.1, 0.15) is 20.8 Å². The molecule has 0 aliphatic heterocycles. The summed E-state index contributed by atoms with van der Waals surface area (Å²) in [5.41, 5.74) is 0. The third-order valence-corrected chi connectivity index (χ3v) is 1.80. The van der Waals surface area contributed by atoms with E-state index in [0.29, 0.717) is 0 Å². The summed E-state index contributed by atoms with van der Waals surface area (Å²) < 4.78 is 25.1. The second-order valence-corrected chi connectivity index (χ2v) is 3.72. The molecule has 0 aliphatic rings. The zero-order valence-electron chi connectivity index (χ0n) is 6.37. The van der Waals surface area contributed by atoms with E-state index >= 15 is 0 Å². The van der Waals surface area contributed by atoms with Gasteiger partial charge in [-0.05, 0) is 12.8 Å². The maximum atomic E-state index is 10.3. The molecular weight excluding hydrogens is 177 g/mol. The molecule has 0 spiro atoms. The van der Waals surface area contributed by atoms with Crippen LogP contribution in [0.5, 0.6) is 0 Å². The predicted molar refractivity (Wildman–Crippen MR) is 45.6 cm³/mol. The van der Waals surface area contributed by atoms with Gasteiger partial charge in [0, 0.05) is 0 Å². The molecule has 6 heteroatoms. The molecule has 0 saturated heterocycles. The molecule has 0 aromatic rings. The average molecular weight is 191 g/mol. The Bertz CT molecular complexity index is 190. The SMILES string of the molecule is CC(C)C(C)OS(N)(=O)=O.[NaH]. The Hall–Kier alpha value is 0.870. The second kappa shape index (κ2) is 5.50. The van der Waals surface area contributed by atoms with Gasteiger partial charge in [-0.25, -0.2) is 5.14 Å². The second-order valence-electron chi connectivity index (χ2n) is 2.54. The van der Waals surface area contributed by atoms with Crippen LogP contribution in [0.2, 0.25) is 0 Å². The van der Waals surface area contributed by atoms with Crippen molar-refractivity contribution < 1.29 is 12.6 Å². The molecule has 0 radical (unpaired) electrons. The number of nitrogens with two attached hydrogens (primary N) is 1. The van der Waals surface area contributed by atoms with Crippen molar-refractivity contribution in [2.45, 2.75) is 26.9 Å². The van der Waals surface area contributed by atoms with E-state index < -0.39 is 10.3 Å².